The zero-order valence-electron chi connectivity index (χ0n) is 20.5. The lowest BCUT2D eigenvalue weighted by Crippen LogP contribution is -2.38. The van der Waals surface area contributed by atoms with Crippen LogP contribution in [0.15, 0.2) is 48.5 Å². The van der Waals surface area contributed by atoms with E-state index < -0.39 is 17.8 Å². The van der Waals surface area contributed by atoms with E-state index in [0.29, 0.717) is 24.2 Å². The van der Waals surface area contributed by atoms with Crippen LogP contribution in [0, 0.1) is 17.2 Å². The molecule has 8 heteroatoms. The predicted molar refractivity (Wildman–Crippen MR) is 135 cm³/mol. The summed E-state index contributed by atoms with van der Waals surface area (Å²) in [4.78, 5) is 28.1. The zero-order chi connectivity index (χ0) is 25.6. The van der Waals surface area contributed by atoms with E-state index in [1.54, 1.807) is 32.9 Å². The summed E-state index contributed by atoms with van der Waals surface area (Å²) in [5.74, 6) is -0.286. The third-order valence-corrected chi connectivity index (χ3v) is 5.40. The minimum Gasteiger partial charge on any atom is -0.444 e. The van der Waals surface area contributed by atoms with Crippen LogP contribution in [-0.2, 0) is 4.74 Å². The summed E-state index contributed by atoms with van der Waals surface area (Å²) >= 11 is 0. The van der Waals surface area contributed by atoms with Gasteiger partial charge in [-0.15, -0.1) is 0 Å². The Morgan fingerprint density at radius 2 is 1.77 bits per heavy atom. The number of fused-ring (bicyclic) bond motifs is 1. The van der Waals surface area contributed by atoms with Crippen molar-refractivity contribution >= 4 is 22.9 Å². The minimum atomic E-state index is -0.767. The van der Waals surface area contributed by atoms with E-state index in [-0.39, 0.29) is 18.4 Å². The highest BCUT2D eigenvalue weighted by molar-refractivity contribution is 6.09. The van der Waals surface area contributed by atoms with Gasteiger partial charge in [0, 0.05) is 29.6 Å². The average molecular weight is 477 g/mol. The first-order valence-electron chi connectivity index (χ1n) is 11.6. The fraction of sp³-hybridized carbons (Fsp3) is 0.370. The van der Waals surface area contributed by atoms with Crippen LogP contribution in [0.3, 0.4) is 0 Å². The van der Waals surface area contributed by atoms with E-state index in [0.717, 1.165) is 22.0 Å². The lowest BCUT2D eigenvalue weighted by Gasteiger charge is -2.21. The summed E-state index contributed by atoms with van der Waals surface area (Å²) < 4.78 is 5.17. The van der Waals surface area contributed by atoms with Gasteiger partial charge in [-0.25, -0.2) is 4.79 Å². The molecule has 1 heterocycles. The number of hydrogen-bond donors (Lipinski definition) is 4. The fourth-order valence-electron chi connectivity index (χ4n) is 3.83. The van der Waals surface area contributed by atoms with Gasteiger partial charge in [-0.3, -0.25) is 4.79 Å². The Morgan fingerprint density at radius 3 is 2.43 bits per heavy atom. The summed E-state index contributed by atoms with van der Waals surface area (Å²) in [6.45, 7) is 7.65. The van der Waals surface area contributed by atoms with Crippen molar-refractivity contribution in [1.29, 1.82) is 5.26 Å². The number of H-pyrrole nitrogens is 1. The molecule has 3 aromatic rings. The van der Waals surface area contributed by atoms with Crippen LogP contribution >= 0.6 is 0 Å². The van der Waals surface area contributed by atoms with Crippen molar-refractivity contribution in [1.82, 2.24) is 15.6 Å². The molecule has 0 radical (unpaired) electrons. The van der Waals surface area contributed by atoms with Crippen molar-refractivity contribution in [2.24, 2.45) is 5.92 Å². The van der Waals surface area contributed by atoms with Crippen LogP contribution < -0.4 is 10.6 Å². The molecule has 0 saturated heterocycles. The maximum absolute atomic E-state index is 13.1. The van der Waals surface area contributed by atoms with Gasteiger partial charge in [-0.05, 0) is 56.9 Å². The topological polar surface area (TPSA) is 127 Å². The molecule has 2 atom stereocenters. The number of carbonyl (C=O) groups is 2. The van der Waals surface area contributed by atoms with Crippen molar-refractivity contribution in [3.05, 3.63) is 59.8 Å². The molecule has 35 heavy (non-hydrogen) atoms. The first-order chi connectivity index (χ1) is 16.6. The molecule has 2 amide bonds. The molecule has 0 saturated carbocycles. The van der Waals surface area contributed by atoms with E-state index in [1.165, 1.54) is 0 Å². The second kappa shape index (κ2) is 11.1. The number of rotatable bonds is 8. The molecule has 1 unspecified atom stereocenters. The van der Waals surface area contributed by atoms with Gasteiger partial charge in [0.25, 0.3) is 5.91 Å². The lowest BCUT2D eigenvalue weighted by molar-refractivity contribution is 0.0481. The summed E-state index contributed by atoms with van der Waals surface area (Å²) in [6.07, 6.45) is -0.950. The van der Waals surface area contributed by atoms with Gasteiger partial charge in [0.2, 0.25) is 0 Å². The molecule has 184 valence electrons. The Bertz CT molecular complexity index is 1220. The van der Waals surface area contributed by atoms with E-state index in [9.17, 15) is 14.7 Å². The van der Waals surface area contributed by atoms with Crippen LogP contribution in [0.2, 0.25) is 0 Å². The smallest absolute Gasteiger partial charge is 0.407 e. The van der Waals surface area contributed by atoms with Crippen LogP contribution in [0.5, 0.6) is 0 Å². The molecule has 0 bridgehead atoms. The summed E-state index contributed by atoms with van der Waals surface area (Å²) in [7, 11) is 0. The Labute approximate surface area is 205 Å². The zero-order valence-corrected chi connectivity index (χ0v) is 20.5. The Balaban J connectivity index is 1.64. The number of benzene rings is 2. The summed E-state index contributed by atoms with van der Waals surface area (Å²) in [5, 5.41) is 25.8. The first-order valence-corrected chi connectivity index (χ1v) is 11.6. The molecule has 4 N–H and O–H groups in total. The number of nitrogens with zero attached hydrogens (tertiary/aromatic N) is 1. The number of alkyl carbamates (subject to hydrolysis) is 1. The molecule has 2 aromatic carbocycles. The van der Waals surface area contributed by atoms with Crippen molar-refractivity contribution in [2.45, 2.75) is 45.8 Å². The Kier molecular flexibility index (Phi) is 8.15. The van der Waals surface area contributed by atoms with Crippen molar-refractivity contribution < 1.29 is 19.4 Å². The van der Waals surface area contributed by atoms with E-state index in [1.807, 2.05) is 43.3 Å². The maximum Gasteiger partial charge on any atom is 0.407 e. The normalized spacial score (nSPS) is 13.0. The number of aromatic amines is 1. The molecule has 8 nitrogen and oxygen atoms in total. The molecule has 0 spiro atoms. The fourth-order valence-corrected chi connectivity index (χ4v) is 3.83. The van der Waals surface area contributed by atoms with Gasteiger partial charge in [-0.2, -0.15) is 5.26 Å². The monoisotopic (exact) mass is 476 g/mol. The molecule has 0 aliphatic heterocycles. The molecule has 0 fully saturated rings. The number of aromatic nitrogens is 1. The number of amides is 2. The number of aliphatic hydroxyl groups excluding tert-OH is 1. The largest absolute Gasteiger partial charge is 0.444 e. The second-order valence-electron chi connectivity index (χ2n) is 9.70. The van der Waals surface area contributed by atoms with Crippen molar-refractivity contribution in [2.75, 3.05) is 13.1 Å². The third kappa shape index (κ3) is 7.08. The van der Waals surface area contributed by atoms with Gasteiger partial charge in [0.1, 0.15) is 11.3 Å². The summed E-state index contributed by atoms with van der Waals surface area (Å²) in [6, 6.07) is 16.9. The predicted octanol–water partition coefficient (Wildman–Crippen LogP) is 4.35. The highest BCUT2D eigenvalue weighted by Gasteiger charge is 2.21. The number of para-hydroxylation sites is 1. The van der Waals surface area contributed by atoms with Gasteiger partial charge >= 0.3 is 6.09 Å². The van der Waals surface area contributed by atoms with Crippen LogP contribution in [0.4, 0.5) is 4.79 Å². The summed E-state index contributed by atoms with van der Waals surface area (Å²) in [5.41, 5.74) is 2.84. The van der Waals surface area contributed by atoms with E-state index >= 15 is 0 Å². The number of nitriles is 1. The second-order valence-corrected chi connectivity index (χ2v) is 9.70. The SMILES string of the molecule is C[C@H](CNC(=O)c1[nH]c2ccccc2c1-c1ccc(C#N)cc1)CC(O)CNC(=O)OC(C)(C)C. The third-order valence-electron chi connectivity index (χ3n) is 5.40. The standard InChI is InChI=1S/C27H32N4O4/c1-17(13-20(32)16-30-26(34)35-27(2,3)4)15-29-25(33)24-23(19-11-9-18(14-28)10-12-19)21-7-5-6-8-22(21)31-24/h5-12,17,20,31-32H,13,15-16H2,1-4H3,(H,29,33)(H,30,34)/t17-,20?/m0/s1. The molecule has 1 aromatic heterocycles. The van der Waals surface area contributed by atoms with Gasteiger partial charge in [0.15, 0.2) is 0 Å². The van der Waals surface area contributed by atoms with Gasteiger partial charge in [0.05, 0.1) is 17.7 Å². The van der Waals surface area contributed by atoms with Gasteiger partial charge < -0.3 is 25.5 Å². The number of nitrogens with one attached hydrogen (secondary N) is 3. The molecular weight excluding hydrogens is 444 g/mol. The van der Waals surface area contributed by atoms with Crippen molar-refractivity contribution in [3.63, 3.8) is 0 Å². The quantitative estimate of drug-likeness (QED) is 0.384. The highest BCUT2D eigenvalue weighted by Crippen LogP contribution is 2.32. The molecule has 0 aliphatic carbocycles. The maximum atomic E-state index is 13.1. The van der Waals surface area contributed by atoms with Crippen LogP contribution in [0.1, 0.15) is 50.2 Å². The van der Waals surface area contributed by atoms with Gasteiger partial charge in [-0.1, -0.05) is 37.3 Å². The Morgan fingerprint density at radius 1 is 1.09 bits per heavy atom. The molecule has 0 aliphatic rings. The van der Waals surface area contributed by atoms with Crippen molar-refractivity contribution in [3.8, 4) is 17.2 Å². The first kappa shape index (κ1) is 25.8. The minimum absolute atomic E-state index is 0.0304. The average Bonchev–Trinajstić information content (AvgIpc) is 3.20. The van der Waals surface area contributed by atoms with Crippen LogP contribution in [0.25, 0.3) is 22.0 Å². The molecule has 3 rings (SSSR count). The Hall–Kier alpha value is -3.83. The number of ether oxygens (including phenoxy) is 1. The lowest BCUT2D eigenvalue weighted by atomic mass is 10.00. The number of carbonyl (C=O) groups excluding carboxylic acids is 2. The van der Waals surface area contributed by atoms with E-state index in [4.69, 9.17) is 10.00 Å². The van der Waals surface area contributed by atoms with Crippen LogP contribution in [-0.4, -0.2) is 46.9 Å². The number of hydrogen-bond acceptors (Lipinski definition) is 5. The highest BCUT2D eigenvalue weighted by atomic mass is 16.6. The molecular formula is C27H32N4O4. The number of aliphatic hydroxyl groups is 1. The van der Waals surface area contributed by atoms with E-state index in [2.05, 4.69) is 21.7 Å².